The SMILES string of the molecule is CCCCCCCC/C=C\CCCCCCCCCCCC(=O)OCCCCCCCCCCCCCCCCCCCCCCCCCCCCCCC(=O)NC(CO)C(O)/C=C/CCCCCCCCCCCCCCCC. The summed E-state index contributed by atoms with van der Waals surface area (Å²) in [6.07, 6.45) is 88.4. The highest BCUT2D eigenvalue weighted by Crippen LogP contribution is 2.19. The van der Waals surface area contributed by atoms with Crippen molar-refractivity contribution in [3.8, 4) is 0 Å². The van der Waals surface area contributed by atoms with Gasteiger partial charge in [0.25, 0.3) is 0 Å². The third-order valence-corrected chi connectivity index (χ3v) is 17.2. The fourth-order valence-corrected chi connectivity index (χ4v) is 11.6. The highest BCUT2D eigenvalue weighted by atomic mass is 16.5. The van der Waals surface area contributed by atoms with Crippen LogP contribution in [0.3, 0.4) is 0 Å². The lowest BCUT2D eigenvalue weighted by molar-refractivity contribution is -0.143. The minimum atomic E-state index is -0.842. The number of hydrogen-bond donors (Lipinski definition) is 3. The van der Waals surface area contributed by atoms with E-state index < -0.39 is 12.1 Å². The Morgan fingerprint density at radius 3 is 0.887 bits per heavy atom. The van der Waals surface area contributed by atoms with Gasteiger partial charge in [-0.1, -0.05) is 366 Å². The maximum atomic E-state index is 12.5. The maximum Gasteiger partial charge on any atom is 0.305 e. The molecular formula is C74H143NO5. The molecule has 474 valence electrons. The number of allylic oxidation sites excluding steroid dienone is 3. The topological polar surface area (TPSA) is 95.9 Å². The Labute approximate surface area is 501 Å². The van der Waals surface area contributed by atoms with Crippen LogP contribution in [-0.4, -0.2) is 47.4 Å². The van der Waals surface area contributed by atoms with E-state index in [1.807, 2.05) is 6.08 Å². The van der Waals surface area contributed by atoms with Gasteiger partial charge in [-0.3, -0.25) is 9.59 Å². The molecule has 0 spiro atoms. The fraction of sp³-hybridized carbons (Fsp3) is 0.919. The zero-order chi connectivity index (χ0) is 57.8. The van der Waals surface area contributed by atoms with Crippen LogP contribution in [0.15, 0.2) is 24.3 Å². The molecule has 1 amide bonds. The first-order valence-corrected chi connectivity index (χ1v) is 36.6. The summed E-state index contributed by atoms with van der Waals surface area (Å²) in [5, 5.41) is 23.2. The van der Waals surface area contributed by atoms with E-state index in [9.17, 15) is 19.8 Å². The van der Waals surface area contributed by atoms with Crippen LogP contribution in [-0.2, 0) is 14.3 Å². The molecule has 0 aliphatic rings. The number of amides is 1. The summed E-state index contributed by atoms with van der Waals surface area (Å²) in [6, 6.07) is -0.625. The first-order valence-electron chi connectivity index (χ1n) is 36.6. The van der Waals surface area contributed by atoms with Crippen molar-refractivity contribution in [1.82, 2.24) is 5.32 Å². The number of carbonyl (C=O) groups is 2. The lowest BCUT2D eigenvalue weighted by Gasteiger charge is -2.20. The Balaban J connectivity index is 3.34. The minimum Gasteiger partial charge on any atom is -0.466 e. The van der Waals surface area contributed by atoms with Crippen molar-refractivity contribution in [3.63, 3.8) is 0 Å². The van der Waals surface area contributed by atoms with E-state index >= 15 is 0 Å². The van der Waals surface area contributed by atoms with Crippen molar-refractivity contribution in [2.75, 3.05) is 13.2 Å². The van der Waals surface area contributed by atoms with E-state index in [0.717, 1.165) is 38.5 Å². The monoisotopic (exact) mass is 1130 g/mol. The van der Waals surface area contributed by atoms with Crippen LogP contribution >= 0.6 is 0 Å². The largest absolute Gasteiger partial charge is 0.466 e. The molecule has 2 atom stereocenters. The van der Waals surface area contributed by atoms with E-state index in [1.54, 1.807) is 6.08 Å². The van der Waals surface area contributed by atoms with Crippen molar-refractivity contribution >= 4 is 11.9 Å². The van der Waals surface area contributed by atoms with E-state index in [-0.39, 0.29) is 18.5 Å². The summed E-state index contributed by atoms with van der Waals surface area (Å²) in [5.74, 6) is -0.0429. The molecule has 6 nitrogen and oxygen atoms in total. The fourth-order valence-electron chi connectivity index (χ4n) is 11.6. The molecule has 0 aromatic rings. The summed E-state index contributed by atoms with van der Waals surface area (Å²) in [4.78, 5) is 24.6. The third-order valence-electron chi connectivity index (χ3n) is 17.2. The van der Waals surface area contributed by atoms with Gasteiger partial charge in [-0.05, 0) is 57.8 Å². The van der Waals surface area contributed by atoms with Crippen LogP contribution in [0.2, 0.25) is 0 Å². The Morgan fingerprint density at radius 1 is 0.338 bits per heavy atom. The molecule has 2 unspecified atom stereocenters. The first-order chi connectivity index (χ1) is 39.5. The number of ether oxygens (including phenoxy) is 1. The van der Waals surface area contributed by atoms with Crippen LogP contribution in [0.5, 0.6) is 0 Å². The summed E-state index contributed by atoms with van der Waals surface area (Å²) in [5.41, 5.74) is 0. The zero-order valence-electron chi connectivity index (χ0n) is 54.3. The molecule has 80 heavy (non-hydrogen) atoms. The Bertz CT molecular complexity index is 1250. The quantitative estimate of drug-likeness (QED) is 0.0320. The summed E-state index contributed by atoms with van der Waals surface area (Å²) in [7, 11) is 0. The summed E-state index contributed by atoms with van der Waals surface area (Å²) in [6.45, 7) is 4.94. The number of aliphatic hydroxyl groups excluding tert-OH is 2. The molecule has 3 N–H and O–H groups in total. The molecule has 0 aromatic carbocycles. The standard InChI is InChI=1S/C74H143NO5/c1-3-5-7-9-11-13-15-17-19-21-32-36-40-44-48-52-56-60-64-68-74(79)80-69-65-61-57-53-49-45-41-37-34-31-29-27-25-23-22-24-26-28-30-33-35-39-43-47-51-55-59-63-67-73(78)75-71(70-76)72(77)66-62-58-54-50-46-42-38-20-18-16-14-12-10-8-6-4-2/h17,19,62,66,71-72,76-77H,3-16,18,20-61,63-65,67-70H2,1-2H3,(H,75,78)/b19-17-,66-62+. The van der Waals surface area contributed by atoms with Crippen molar-refractivity contribution < 1.29 is 24.5 Å². The Hall–Kier alpha value is -1.66. The second kappa shape index (κ2) is 69.8. The number of nitrogens with one attached hydrogen (secondary N) is 1. The highest BCUT2D eigenvalue weighted by Gasteiger charge is 2.18. The molecule has 0 saturated carbocycles. The number of carbonyl (C=O) groups excluding carboxylic acids is 2. The van der Waals surface area contributed by atoms with Gasteiger partial charge < -0.3 is 20.3 Å². The molecule has 0 bridgehead atoms. The molecule has 0 saturated heterocycles. The van der Waals surface area contributed by atoms with Gasteiger partial charge in [0.2, 0.25) is 5.91 Å². The van der Waals surface area contributed by atoms with Crippen LogP contribution in [0, 0.1) is 0 Å². The van der Waals surface area contributed by atoms with E-state index in [1.165, 1.54) is 347 Å². The van der Waals surface area contributed by atoms with Gasteiger partial charge in [0.1, 0.15) is 0 Å². The number of hydrogen-bond acceptors (Lipinski definition) is 5. The molecule has 0 aliphatic heterocycles. The van der Waals surface area contributed by atoms with Crippen molar-refractivity contribution in [2.45, 2.75) is 424 Å². The smallest absolute Gasteiger partial charge is 0.305 e. The normalized spacial score (nSPS) is 12.6. The van der Waals surface area contributed by atoms with Gasteiger partial charge in [-0.15, -0.1) is 0 Å². The minimum absolute atomic E-state index is 0.0189. The summed E-state index contributed by atoms with van der Waals surface area (Å²) < 4.78 is 5.51. The first kappa shape index (κ1) is 78.3. The van der Waals surface area contributed by atoms with Crippen LogP contribution in [0.25, 0.3) is 0 Å². The second-order valence-corrected chi connectivity index (χ2v) is 25.3. The Kier molecular flexibility index (Phi) is 68.4. The van der Waals surface area contributed by atoms with Gasteiger partial charge in [-0.2, -0.15) is 0 Å². The number of rotatable bonds is 69. The lowest BCUT2D eigenvalue weighted by Crippen LogP contribution is -2.45. The van der Waals surface area contributed by atoms with Gasteiger partial charge in [-0.25, -0.2) is 0 Å². The molecule has 0 fully saturated rings. The predicted molar refractivity (Wildman–Crippen MR) is 352 cm³/mol. The highest BCUT2D eigenvalue weighted by molar-refractivity contribution is 5.76. The molecule has 0 aromatic heterocycles. The zero-order valence-corrected chi connectivity index (χ0v) is 54.3. The molecule has 6 heteroatoms. The second-order valence-electron chi connectivity index (χ2n) is 25.3. The lowest BCUT2D eigenvalue weighted by atomic mass is 10.0. The molecule has 0 aliphatic carbocycles. The van der Waals surface area contributed by atoms with Crippen LogP contribution in [0.1, 0.15) is 412 Å². The van der Waals surface area contributed by atoms with Gasteiger partial charge in [0, 0.05) is 12.8 Å². The van der Waals surface area contributed by atoms with Gasteiger partial charge >= 0.3 is 5.97 Å². The third kappa shape index (κ3) is 65.5. The van der Waals surface area contributed by atoms with Crippen LogP contribution < -0.4 is 5.32 Å². The van der Waals surface area contributed by atoms with Crippen molar-refractivity contribution in [1.29, 1.82) is 0 Å². The van der Waals surface area contributed by atoms with E-state index in [0.29, 0.717) is 19.4 Å². The number of unbranched alkanes of at least 4 members (excludes halogenated alkanes) is 56. The van der Waals surface area contributed by atoms with Crippen molar-refractivity contribution in [2.24, 2.45) is 0 Å². The number of aliphatic hydroxyl groups is 2. The molecule has 0 rings (SSSR count). The van der Waals surface area contributed by atoms with Gasteiger partial charge in [0.15, 0.2) is 0 Å². The van der Waals surface area contributed by atoms with Crippen molar-refractivity contribution in [3.05, 3.63) is 24.3 Å². The predicted octanol–water partition coefficient (Wildman–Crippen LogP) is 23.7. The average Bonchev–Trinajstić information content (AvgIpc) is 3.46. The Morgan fingerprint density at radius 2 is 0.588 bits per heavy atom. The maximum absolute atomic E-state index is 12.5. The summed E-state index contributed by atoms with van der Waals surface area (Å²) >= 11 is 0. The molecule has 0 heterocycles. The van der Waals surface area contributed by atoms with E-state index in [4.69, 9.17) is 4.74 Å². The van der Waals surface area contributed by atoms with Gasteiger partial charge in [0.05, 0.1) is 25.4 Å². The molecule has 0 radical (unpaired) electrons. The average molecular weight is 1130 g/mol. The molecular weight excluding hydrogens is 983 g/mol. The van der Waals surface area contributed by atoms with E-state index in [2.05, 4.69) is 31.3 Å². The van der Waals surface area contributed by atoms with Crippen LogP contribution in [0.4, 0.5) is 0 Å². The number of esters is 1.